The molecule has 0 saturated carbocycles. The number of fused-ring (bicyclic) bond motifs is 1. The first kappa shape index (κ1) is 39.3. The number of aromatic hydroxyl groups is 1. The Morgan fingerprint density at radius 1 is 0.549 bits per heavy atom. The Hall–Kier alpha value is -6.35. The van der Waals surface area contributed by atoms with Gasteiger partial charge in [0, 0.05) is 46.7 Å². The number of phenols is 1. The quantitative estimate of drug-likeness (QED) is 0.162. The molecule has 2 aromatic heterocycles. The van der Waals surface area contributed by atoms with Gasteiger partial charge in [0.15, 0.2) is 0 Å². The second kappa shape index (κ2) is 19.0. The standard InChI is InChI=1S/C66H68N3O.Pt/c1-41-26-28-43(29-27-41)45-32-33-67-56(38-45)48-35-47(36-49(37-48)63(3,4)5)52-23-19-25-58-60(52)68-62(53-39-50(64(6,7)8)40-55(61(53)70)66(12,13)14)69(58)57-31-30-46(34-42(57)2)59-51(44-20-16-15-17-21-44)22-18-24-54(59)65(9,10)11;/h15-34,36-40,70H,1-14H3;/q-1;/i1D3,2D3,26D,27D,28D,29D;. The molecule has 0 bridgehead atoms. The van der Waals surface area contributed by atoms with Gasteiger partial charge in [-0.25, -0.2) is 4.98 Å². The number of para-hydroxylation sites is 1. The minimum Gasteiger partial charge on any atom is -0.507 e. The van der Waals surface area contributed by atoms with Gasteiger partial charge in [-0.05, 0) is 116 Å². The van der Waals surface area contributed by atoms with E-state index in [-0.39, 0.29) is 48.8 Å². The molecule has 7 aromatic carbocycles. The predicted octanol–water partition coefficient (Wildman–Crippen LogP) is 17.7. The van der Waals surface area contributed by atoms with E-state index in [0.29, 0.717) is 61.6 Å². The van der Waals surface area contributed by atoms with Crippen molar-refractivity contribution in [2.75, 3.05) is 0 Å². The van der Waals surface area contributed by atoms with Crippen molar-refractivity contribution in [3.63, 3.8) is 0 Å². The topological polar surface area (TPSA) is 50.9 Å². The van der Waals surface area contributed by atoms with Gasteiger partial charge in [-0.1, -0.05) is 203 Å². The fourth-order valence-electron chi connectivity index (χ4n) is 9.26. The molecule has 0 radical (unpaired) electrons. The molecule has 71 heavy (non-hydrogen) atoms. The van der Waals surface area contributed by atoms with Gasteiger partial charge >= 0.3 is 0 Å². The zero-order valence-corrected chi connectivity index (χ0v) is 45.0. The van der Waals surface area contributed by atoms with E-state index in [1.807, 2.05) is 77.4 Å². The molecule has 0 unspecified atom stereocenters. The van der Waals surface area contributed by atoms with Gasteiger partial charge in [0.25, 0.3) is 0 Å². The number of phenolic OH excluding ortho intramolecular Hbond substituents is 1. The van der Waals surface area contributed by atoms with Crippen LogP contribution >= 0.6 is 0 Å². The van der Waals surface area contributed by atoms with Crippen LogP contribution in [0.1, 0.15) is 130 Å². The Balaban J connectivity index is 0.00000860. The minimum absolute atomic E-state index is 0. The van der Waals surface area contributed by atoms with Gasteiger partial charge in [0.2, 0.25) is 0 Å². The molecule has 2 heterocycles. The molecule has 0 fully saturated rings. The third kappa shape index (κ3) is 10.1. The third-order valence-corrected chi connectivity index (χ3v) is 13.2. The molecule has 4 nitrogen and oxygen atoms in total. The molecule has 1 N–H and O–H groups in total. The number of aromatic nitrogens is 3. The average Bonchev–Trinajstić information content (AvgIpc) is 3.76. The first-order valence-electron chi connectivity index (χ1n) is 29.0. The molecule has 0 aliphatic carbocycles. The molecule has 0 aliphatic heterocycles. The molecule has 0 amide bonds. The smallest absolute Gasteiger partial charge is 0.148 e. The number of imidazole rings is 1. The molecule has 5 heteroatoms. The Kier molecular flexibility index (Phi) is 10.5. The summed E-state index contributed by atoms with van der Waals surface area (Å²) in [6.45, 7) is 19.8. The van der Waals surface area contributed by atoms with E-state index in [1.165, 1.54) is 6.20 Å². The van der Waals surface area contributed by atoms with Crippen LogP contribution in [-0.4, -0.2) is 19.6 Å². The average molecular weight is 1120 g/mol. The summed E-state index contributed by atoms with van der Waals surface area (Å²) in [4.78, 5) is 10.3. The van der Waals surface area contributed by atoms with Crippen molar-refractivity contribution in [3.05, 3.63) is 191 Å². The molecular formula is C66H68N3OPt-. The van der Waals surface area contributed by atoms with Gasteiger partial charge in [-0.15, -0.1) is 29.3 Å². The van der Waals surface area contributed by atoms with E-state index in [1.54, 1.807) is 18.2 Å². The van der Waals surface area contributed by atoms with Crippen molar-refractivity contribution in [1.82, 2.24) is 14.5 Å². The summed E-state index contributed by atoms with van der Waals surface area (Å²) in [5.41, 5.74) is 9.55. The summed E-state index contributed by atoms with van der Waals surface area (Å²) in [6.07, 6.45) is 1.52. The van der Waals surface area contributed by atoms with E-state index in [4.69, 9.17) is 19.6 Å². The number of pyridine rings is 1. The number of hydrogen-bond acceptors (Lipinski definition) is 3. The summed E-state index contributed by atoms with van der Waals surface area (Å²) in [7, 11) is 0. The van der Waals surface area contributed by atoms with Crippen molar-refractivity contribution in [2.45, 2.75) is 118 Å². The van der Waals surface area contributed by atoms with Crippen molar-refractivity contribution in [1.29, 1.82) is 0 Å². The molecule has 9 rings (SSSR count). The molecule has 0 spiro atoms. The van der Waals surface area contributed by atoms with Crippen molar-refractivity contribution < 1.29 is 39.9 Å². The van der Waals surface area contributed by atoms with Gasteiger partial charge < -0.3 is 5.11 Å². The summed E-state index contributed by atoms with van der Waals surface area (Å²) in [5, 5.41) is 12.7. The number of nitrogens with zero attached hydrogens (tertiary/aromatic N) is 3. The number of aryl methyl sites for hydroxylation is 1. The fraction of sp³-hybridized carbons (Fsp3) is 0.273. The minimum atomic E-state index is -2.86. The van der Waals surface area contributed by atoms with Crippen LogP contribution in [0, 0.1) is 19.8 Å². The molecule has 364 valence electrons. The number of benzene rings is 7. The maximum absolute atomic E-state index is 12.7. The van der Waals surface area contributed by atoms with Crippen molar-refractivity contribution in [2.24, 2.45) is 0 Å². The van der Waals surface area contributed by atoms with Crippen LogP contribution in [0.25, 0.3) is 83.9 Å². The van der Waals surface area contributed by atoms with Gasteiger partial charge in [-0.3, -0.25) is 9.55 Å². The molecule has 0 atom stereocenters. The largest absolute Gasteiger partial charge is 0.507 e. The van der Waals surface area contributed by atoms with Crippen molar-refractivity contribution >= 4 is 11.0 Å². The third-order valence-electron chi connectivity index (χ3n) is 13.2. The first-order chi connectivity index (χ1) is 37.1. The van der Waals surface area contributed by atoms with E-state index < -0.39 is 54.3 Å². The van der Waals surface area contributed by atoms with Crippen LogP contribution in [0.4, 0.5) is 0 Å². The van der Waals surface area contributed by atoms with E-state index >= 15 is 0 Å². The van der Waals surface area contributed by atoms with Crippen LogP contribution in [-0.2, 0) is 42.7 Å². The fourth-order valence-corrected chi connectivity index (χ4v) is 9.26. The SMILES string of the molecule is [2H]c1c([2H])c(C([2H])([2H])[2H])c([2H])c([2H])c1-c1ccnc(-c2[c-]c(-c3cccc4c3nc(-c3cc(C(C)(C)C)cc(C(C)(C)C)c3O)n4-c3ccc(-c4c(-c5ccccc5)cccc4C(C)(C)C)cc3C([2H])([2H])[2H])cc(C(C)(C)C)c2)c1.[Pt]. The second-order valence-corrected chi connectivity index (χ2v) is 22.6. The number of hydrogen-bond donors (Lipinski definition) is 1. The molecule has 9 aromatic rings. The van der Waals surface area contributed by atoms with E-state index in [9.17, 15) is 9.22 Å². The van der Waals surface area contributed by atoms with Gasteiger partial charge in [-0.2, -0.15) is 0 Å². The monoisotopic (exact) mass is 1120 g/mol. The van der Waals surface area contributed by atoms with Crippen LogP contribution in [0.3, 0.4) is 0 Å². The number of rotatable bonds is 7. The van der Waals surface area contributed by atoms with E-state index in [0.717, 1.165) is 38.9 Å². The maximum atomic E-state index is 12.7. The summed E-state index contributed by atoms with van der Waals surface area (Å²) < 4.78 is 88.7. The molecule has 0 saturated heterocycles. The molecular weight excluding hydrogens is 1050 g/mol. The Labute approximate surface area is 451 Å². The zero-order chi connectivity index (χ0) is 58.6. The van der Waals surface area contributed by atoms with Gasteiger partial charge in [0.1, 0.15) is 11.6 Å². The first-order valence-corrected chi connectivity index (χ1v) is 24.0. The summed E-state index contributed by atoms with van der Waals surface area (Å²) in [6, 6.07) is 40.5. The van der Waals surface area contributed by atoms with Crippen LogP contribution in [0.2, 0.25) is 0 Å². The Morgan fingerprint density at radius 2 is 1.21 bits per heavy atom. The maximum Gasteiger partial charge on any atom is 0.148 e. The summed E-state index contributed by atoms with van der Waals surface area (Å²) >= 11 is 0. The van der Waals surface area contributed by atoms with Crippen LogP contribution in [0.5, 0.6) is 5.75 Å². The van der Waals surface area contributed by atoms with E-state index in [2.05, 4.69) is 119 Å². The predicted molar refractivity (Wildman–Crippen MR) is 296 cm³/mol. The van der Waals surface area contributed by atoms with Crippen LogP contribution in [0.15, 0.2) is 152 Å². The summed E-state index contributed by atoms with van der Waals surface area (Å²) in [5.74, 6) is 0.373. The normalized spacial score (nSPS) is 14.7. The Bertz CT molecular complexity index is 3880. The zero-order valence-electron chi connectivity index (χ0n) is 52.7. The van der Waals surface area contributed by atoms with Crippen LogP contribution < -0.4 is 0 Å². The second-order valence-electron chi connectivity index (χ2n) is 22.6. The Morgan fingerprint density at radius 3 is 1.87 bits per heavy atom. The van der Waals surface area contributed by atoms with Crippen molar-refractivity contribution in [3.8, 4) is 78.6 Å². The molecule has 0 aliphatic rings. The van der Waals surface area contributed by atoms with Gasteiger partial charge in [0.05, 0.1) is 27.8 Å².